The monoisotopic (exact) mass is 274 g/mol. The average Bonchev–Trinajstić information content (AvgIpc) is 2.18. The van der Waals surface area contributed by atoms with Crippen LogP contribution in [0.5, 0.6) is 0 Å². The smallest absolute Gasteiger partial charge is 0.300 e. The Hall–Kier alpha value is -0.670. The highest BCUT2D eigenvalue weighted by atomic mass is 32.2. The molecule has 0 aromatic carbocycles. The van der Waals surface area contributed by atoms with Gasteiger partial charge in [-0.1, -0.05) is 0 Å². The van der Waals surface area contributed by atoms with Crippen LogP contribution in [0.25, 0.3) is 0 Å². The van der Waals surface area contributed by atoms with Gasteiger partial charge in [-0.3, -0.25) is 4.79 Å². The van der Waals surface area contributed by atoms with Crippen LogP contribution in [0.4, 0.5) is 13.2 Å². The lowest BCUT2D eigenvalue weighted by molar-refractivity contribution is -0.121. The molecule has 0 bridgehead atoms. The van der Waals surface area contributed by atoms with Crippen molar-refractivity contribution in [3.63, 3.8) is 0 Å². The quantitative estimate of drug-likeness (QED) is 0.783. The molecule has 1 rings (SSSR count). The number of nitrogens with one attached hydrogen (secondary N) is 2. The lowest BCUT2D eigenvalue weighted by Crippen LogP contribution is -2.46. The lowest BCUT2D eigenvalue weighted by atomic mass is 9.95. The maximum absolute atomic E-state index is 11.8. The fourth-order valence-corrected chi connectivity index (χ4v) is 2.61. The minimum Gasteiger partial charge on any atom is -0.300 e. The van der Waals surface area contributed by atoms with Gasteiger partial charge >= 0.3 is 6.18 Å². The highest BCUT2D eigenvalue weighted by Gasteiger charge is 2.30. The molecule has 1 saturated carbocycles. The third-order valence-corrected chi connectivity index (χ3v) is 3.50. The van der Waals surface area contributed by atoms with E-state index in [0.29, 0.717) is 12.8 Å². The van der Waals surface area contributed by atoms with Gasteiger partial charge in [-0.2, -0.15) is 31.0 Å². The van der Waals surface area contributed by atoms with Gasteiger partial charge in [-0.25, -0.2) is 0 Å². The number of Topliss-reactive ketones (excluding diaryl/α,β-unsaturated/α-hetero) is 1. The van der Waals surface area contributed by atoms with Crippen LogP contribution < -0.4 is 9.44 Å². The van der Waals surface area contributed by atoms with Crippen LogP contribution in [0.3, 0.4) is 0 Å². The van der Waals surface area contributed by atoms with E-state index in [9.17, 15) is 26.4 Å². The summed E-state index contributed by atoms with van der Waals surface area (Å²) in [4.78, 5) is 10.9. The number of halogens is 3. The van der Waals surface area contributed by atoms with Gasteiger partial charge in [0.2, 0.25) is 0 Å². The van der Waals surface area contributed by atoms with Crippen molar-refractivity contribution in [1.82, 2.24) is 9.44 Å². The summed E-state index contributed by atoms with van der Waals surface area (Å²) in [5, 5.41) is 0. The molecular weight excluding hydrogens is 261 g/mol. The molecule has 0 unspecified atom stereocenters. The fourth-order valence-electron chi connectivity index (χ4n) is 1.50. The highest BCUT2D eigenvalue weighted by molar-refractivity contribution is 7.87. The van der Waals surface area contributed by atoms with E-state index in [1.54, 1.807) is 0 Å². The van der Waals surface area contributed by atoms with Crippen molar-refractivity contribution in [1.29, 1.82) is 0 Å². The molecule has 9 heteroatoms. The summed E-state index contributed by atoms with van der Waals surface area (Å²) >= 11 is 0. The Kier molecular flexibility index (Phi) is 4.50. The van der Waals surface area contributed by atoms with Gasteiger partial charge in [-0.05, 0) is 12.8 Å². The van der Waals surface area contributed by atoms with Crippen molar-refractivity contribution >= 4 is 16.0 Å². The minimum atomic E-state index is -4.59. The molecular formula is C8H13F3N2O3S. The summed E-state index contributed by atoms with van der Waals surface area (Å²) in [6.45, 7) is -1.60. The number of alkyl halides is 3. The molecule has 100 valence electrons. The summed E-state index contributed by atoms with van der Waals surface area (Å²) in [6.07, 6.45) is -3.42. The number of carbonyl (C=O) groups is 1. The first-order valence-corrected chi connectivity index (χ1v) is 6.52. The molecule has 0 spiro atoms. The number of ketones is 1. The Bertz CT molecular complexity index is 370. The number of hydrogen-bond donors (Lipinski definition) is 2. The Labute approximate surface area is 96.9 Å². The molecule has 1 aliphatic carbocycles. The van der Waals surface area contributed by atoms with Crippen molar-refractivity contribution in [2.45, 2.75) is 37.9 Å². The van der Waals surface area contributed by atoms with E-state index >= 15 is 0 Å². The number of carbonyl (C=O) groups excluding carboxylic acids is 1. The molecule has 17 heavy (non-hydrogen) atoms. The fraction of sp³-hybridized carbons (Fsp3) is 0.875. The molecule has 0 radical (unpaired) electrons. The van der Waals surface area contributed by atoms with Crippen LogP contribution in [-0.2, 0) is 15.0 Å². The normalized spacial score (nSPS) is 19.6. The van der Waals surface area contributed by atoms with Gasteiger partial charge in [0.05, 0.1) is 0 Å². The zero-order valence-electron chi connectivity index (χ0n) is 8.88. The van der Waals surface area contributed by atoms with Crippen molar-refractivity contribution in [2.24, 2.45) is 0 Å². The third-order valence-electron chi connectivity index (χ3n) is 2.33. The molecule has 1 aliphatic rings. The maximum Gasteiger partial charge on any atom is 0.402 e. The Morgan fingerprint density at radius 1 is 1.24 bits per heavy atom. The third kappa shape index (κ3) is 5.99. The molecule has 0 aromatic rings. The summed E-state index contributed by atoms with van der Waals surface area (Å²) in [6, 6.07) is -0.474. The van der Waals surface area contributed by atoms with E-state index in [2.05, 4.69) is 4.72 Å². The Morgan fingerprint density at radius 2 is 1.76 bits per heavy atom. The first-order valence-electron chi connectivity index (χ1n) is 5.03. The molecule has 1 fully saturated rings. The van der Waals surface area contributed by atoms with Crippen molar-refractivity contribution < 1.29 is 26.4 Å². The van der Waals surface area contributed by atoms with Crippen LogP contribution in [0.2, 0.25) is 0 Å². The average molecular weight is 274 g/mol. The summed E-state index contributed by atoms with van der Waals surface area (Å²) < 4.78 is 61.4. The lowest BCUT2D eigenvalue weighted by Gasteiger charge is -2.22. The van der Waals surface area contributed by atoms with Gasteiger partial charge in [0.25, 0.3) is 10.2 Å². The van der Waals surface area contributed by atoms with E-state index in [0.717, 1.165) is 0 Å². The van der Waals surface area contributed by atoms with Crippen molar-refractivity contribution in [3.05, 3.63) is 0 Å². The van der Waals surface area contributed by atoms with Gasteiger partial charge in [0.1, 0.15) is 12.3 Å². The van der Waals surface area contributed by atoms with Gasteiger partial charge in [0.15, 0.2) is 0 Å². The van der Waals surface area contributed by atoms with Gasteiger partial charge in [-0.15, -0.1) is 0 Å². The van der Waals surface area contributed by atoms with E-state index in [1.165, 1.54) is 4.72 Å². The topological polar surface area (TPSA) is 75.3 Å². The summed E-state index contributed by atoms with van der Waals surface area (Å²) in [5.74, 6) is 0.0451. The second-order valence-electron chi connectivity index (χ2n) is 3.87. The van der Waals surface area contributed by atoms with Crippen LogP contribution >= 0.6 is 0 Å². The predicted molar refractivity (Wildman–Crippen MR) is 53.4 cm³/mol. The SMILES string of the molecule is O=C1CCC(NS(=O)(=O)NCC(F)(F)F)CC1. The van der Waals surface area contributed by atoms with E-state index in [1.807, 2.05) is 0 Å². The first-order chi connectivity index (χ1) is 7.68. The number of rotatable bonds is 4. The van der Waals surface area contributed by atoms with E-state index in [-0.39, 0.29) is 18.6 Å². The zero-order valence-corrected chi connectivity index (χ0v) is 9.70. The minimum absolute atomic E-state index is 0.0451. The second kappa shape index (κ2) is 5.32. The molecule has 0 aromatic heterocycles. The Balaban J connectivity index is 2.41. The Morgan fingerprint density at radius 3 is 2.24 bits per heavy atom. The molecule has 0 amide bonds. The molecule has 0 atom stereocenters. The molecule has 2 N–H and O–H groups in total. The van der Waals surface area contributed by atoms with Crippen molar-refractivity contribution in [3.8, 4) is 0 Å². The maximum atomic E-state index is 11.8. The molecule has 0 heterocycles. The van der Waals surface area contributed by atoms with Crippen LogP contribution in [0.15, 0.2) is 0 Å². The number of hydrogen-bond acceptors (Lipinski definition) is 3. The zero-order chi connectivity index (χ0) is 13.1. The van der Waals surface area contributed by atoms with E-state index < -0.39 is 29.0 Å². The first kappa shape index (κ1) is 14.4. The highest BCUT2D eigenvalue weighted by Crippen LogP contribution is 2.16. The van der Waals surface area contributed by atoms with Gasteiger partial charge < -0.3 is 0 Å². The summed E-state index contributed by atoms with van der Waals surface area (Å²) in [5.41, 5.74) is 0. The van der Waals surface area contributed by atoms with Crippen molar-refractivity contribution in [2.75, 3.05) is 6.54 Å². The van der Waals surface area contributed by atoms with Crippen LogP contribution in [0.1, 0.15) is 25.7 Å². The second-order valence-corrected chi connectivity index (χ2v) is 5.40. The standard InChI is InChI=1S/C8H13F3N2O3S/c9-8(10,11)5-12-17(15,16)13-6-1-3-7(14)4-2-6/h6,12-13H,1-5H2. The molecule has 5 nitrogen and oxygen atoms in total. The van der Waals surface area contributed by atoms with Crippen LogP contribution in [0, 0.1) is 0 Å². The molecule has 0 aliphatic heterocycles. The molecule has 0 saturated heterocycles. The van der Waals surface area contributed by atoms with E-state index in [4.69, 9.17) is 0 Å². The van der Waals surface area contributed by atoms with Gasteiger partial charge in [0, 0.05) is 18.9 Å². The van der Waals surface area contributed by atoms with Crippen LogP contribution in [-0.4, -0.2) is 33.0 Å². The summed E-state index contributed by atoms with van der Waals surface area (Å²) in [7, 11) is -4.16. The predicted octanol–water partition coefficient (Wildman–Crippen LogP) is 0.484. The largest absolute Gasteiger partial charge is 0.402 e.